The number of halogens is 2. The molecule has 1 aromatic heterocycles. The summed E-state index contributed by atoms with van der Waals surface area (Å²) in [5.74, 6) is 1.15. The number of H-pyrrole nitrogens is 1. The van der Waals surface area contributed by atoms with Crippen LogP contribution in [0, 0.1) is 10.2 Å². The highest BCUT2D eigenvalue weighted by atomic mass is 35.5. The number of nitrogens with zero attached hydrogens (tertiary/aromatic N) is 3. The van der Waals surface area contributed by atoms with Crippen molar-refractivity contribution in [2.75, 3.05) is 13.1 Å². The van der Waals surface area contributed by atoms with Gasteiger partial charge in [-0.2, -0.15) is 5.10 Å². The van der Waals surface area contributed by atoms with Gasteiger partial charge in [-0.05, 0) is 38.4 Å². The summed E-state index contributed by atoms with van der Waals surface area (Å²) in [7, 11) is 1.90. The van der Waals surface area contributed by atoms with Gasteiger partial charge in [0, 0.05) is 26.1 Å². The molecule has 0 bridgehead atoms. The molecule has 2 aliphatic rings. The van der Waals surface area contributed by atoms with Crippen molar-refractivity contribution >= 4 is 41.3 Å². The number of aromatic nitrogens is 3. The summed E-state index contributed by atoms with van der Waals surface area (Å²) < 4.78 is 1.56. The standard InChI is InChI=1S/C13H18Cl2N4OS/c1-12(7-13(12,14)15)10(20)19-5-3-4-8(6-19)9-16-17-11(21)18(9)2/h8H,3-7H2,1-2H3,(H,17,21). The number of hydrogen-bond donors (Lipinski definition) is 1. The quantitative estimate of drug-likeness (QED) is 0.660. The van der Waals surface area contributed by atoms with E-state index >= 15 is 0 Å². The molecule has 1 aliphatic heterocycles. The largest absolute Gasteiger partial charge is 0.341 e. The van der Waals surface area contributed by atoms with E-state index in [1.165, 1.54) is 0 Å². The fourth-order valence-electron chi connectivity index (χ4n) is 3.08. The molecule has 1 N–H and O–H groups in total. The van der Waals surface area contributed by atoms with Gasteiger partial charge < -0.3 is 9.47 Å². The first-order chi connectivity index (χ1) is 9.76. The second-order valence-corrected chi connectivity index (χ2v) is 8.12. The van der Waals surface area contributed by atoms with Crippen LogP contribution in [-0.4, -0.2) is 43.0 Å². The Morgan fingerprint density at radius 1 is 1.52 bits per heavy atom. The van der Waals surface area contributed by atoms with Crippen LogP contribution in [-0.2, 0) is 11.8 Å². The first-order valence-electron chi connectivity index (χ1n) is 7.05. The first kappa shape index (κ1) is 15.3. The topological polar surface area (TPSA) is 53.9 Å². The molecular formula is C13H18Cl2N4OS. The molecule has 1 saturated heterocycles. The van der Waals surface area contributed by atoms with Crippen LogP contribution in [0.4, 0.5) is 0 Å². The summed E-state index contributed by atoms with van der Waals surface area (Å²) in [5, 5.41) is 7.10. The zero-order chi connectivity index (χ0) is 15.4. The Morgan fingerprint density at radius 3 is 2.71 bits per heavy atom. The summed E-state index contributed by atoms with van der Waals surface area (Å²) in [4.78, 5) is 14.5. The molecule has 3 rings (SSSR count). The Bertz CT molecular complexity index is 640. The third kappa shape index (κ3) is 2.41. The van der Waals surface area contributed by atoms with Gasteiger partial charge in [0.25, 0.3) is 0 Å². The van der Waals surface area contributed by atoms with Crippen LogP contribution in [0.1, 0.15) is 37.9 Å². The third-order valence-electron chi connectivity index (χ3n) is 4.72. The van der Waals surface area contributed by atoms with E-state index in [9.17, 15) is 4.79 Å². The van der Waals surface area contributed by atoms with Crippen LogP contribution in [0.3, 0.4) is 0 Å². The van der Waals surface area contributed by atoms with Gasteiger partial charge in [0.2, 0.25) is 5.91 Å². The Labute approximate surface area is 138 Å². The molecule has 1 aromatic rings. The lowest BCUT2D eigenvalue weighted by Gasteiger charge is -2.34. The molecule has 8 heteroatoms. The van der Waals surface area contributed by atoms with Crippen molar-refractivity contribution in [2.24, 2.45) is 12.5 Å². The summed E-state index contributed by atoms with van der Waals surface area (Å²) in [6, 6.07) is 0. The van der Waals surface area contributed by atoms with E-state index in [0.717, 1.165) is 25.2 Å². The van der Waals surface area contributed by atoms with Gasteiger partial charge in [0.1, 0.15) is 10.2 Å². The molecule has 2 heterocycles. The third-order valence-corrected chi connectivity index (χ3v) is 6.18. The minimum absolute atomic E-state index is 0.0500. The molecule has 21 heavy (non-hydrogen) atoms. The molecule has 0 radical (unpaired) electrons. The van der Waals surface area contributed by atoms with Gasteiger partial charge in [0.15, 0.2) is 4.77 Å². The van der Waals surface area contributed by atoms with E-state index in [1.807, 2.05) is 23.4 Å². The number of alkyl halides is 2. The van der Waals surface area contributed by atoms with Gasteiger partial charge in [-0.3, -0.25) is 9.89 Å². The van der Waals surface area contributed by atoms with E-state index < -0.39 is 9.75 Å². The van der Waals surface area contributed by atoms with Crippen molar-refractivity contribution in [3.8, 4) is 0 Å². The van der Waals surface area contributed by atoms with Crippen molar-refractivity contribution in [3.63, 3.8) is 0 Å². The molecule has 0 aromatic carbocycles. The molecule has 1 amide bonds. The zero-order valence-corrected chi connectivity index (χ0v) is 14.4. The fourth-order valence-corrected chi connectivity index (χ4v) is 3.91. The summed E-state index contributed by atoms with van der Waals surface area (Å²) in [5.41, 5.74) is -0.644. The van der Waals surface area contributed by atoms with Crippen molar-refractivity contribution in [1.29, 1.82) is 0 Å². The Balaban J connectivity index is 1.76. The molecule has 0 spiro atoms. The Hall–Kier alpha value is -0.590. The normalized spacial score (nSPS) is 31.2. The van der Waals surface area contributed by atoms with Crippen LogP contribution in [0.2, 0.25) is 0 Å². The number of aromatic amines is 1. The molecular weight excluding hydrogens is 331 g/mol. The highest BCUT2D eigenvalue weighted by molar-refractivity contribution is 7.71. The minimum Gasteiger partial charge on any atom is -0.341 e. The highest BCUT2D eigenvalue weighted by Gasteiger charge is 2.68. The fraction of sp³-hybridized carbons (Fsp3) is 0.769. The smallest absolute Gasteiger partial charge is 0.231 e. The second kappa shape index (κ2) is 4.96. The van der Waals surface area contributed by atoms with Gasteiger partial charge >= 0.3 is 0 Å². The SMILES string of the molecule is Cn1c(C2CCCN(C(=O)C3(C)CC3(Cl)Cl)C2)n[nH]c1=S. The number of amides is 1. The summed E-state index contributed by atoms with van der Waals surface area (Å²) in [6.45, 7) is 3.24. The minimum atomic E-state index is -0.915. The van der Waals surface area contributed by atoms with Gasteiger partial charge in [-0.1, -0.05) is 0 Å². The zero-order valence-electron chi connectivity index (χ0n) is 12.0. The number of hydrogen-bond acceptors (Lipinski definition) is 3. The number of nitrogens with one attached hydrogen (secondary N) is 1. The van der Waals surface area contributed by atoms with E-state index in [-0.39, 0.29) is 11.8 Å². The molecule has 1 aliphatic carbocycles. The van der Waals surface area contributed by atoms with Crippen LogP contribution in [0.15, 0.2) is 0 Å². The molecule has 2 unspecified atom stereocenters. The van der Waals surface area contributed by atoms with E-state index in [1.54, 1.807) is 0 Å². The van der Waals surface area contributed by atoms with Crippen molar-refractivity contribution in [2.45, 2.75) is 36.4 Å². The van der Waals surface area contributed by atoms with E-state index in [4.69, 9.17) is 35.4 Å². The molecule has 116 valence electrons. The lowest BCUT2D eigenvalue weighted by atomic mass is 9.95. The predicted octanol–water partition coefficient (Wildman–Crippen LogP) is 2.77. The average Bonchev–Trinajstić information content (AvgIpc) is 2.78. The number of carbonyl (C=O) groups excluding carboxylic acids is 1. The number of carbonyl (C=O) groups is 1. The molecule has 5 nitrogen and oxygen atoms in total. The van der Waals surface area contributed by atoms with Crippen LogP contribution < -0.4 is 0 Å². The van der Waals surface area contributed by atoms with Crippen LogP contribution >= 0.6 is 35.4 Å². The molecule has 2 atom stereocenters. The Kier molecular flexibility index (Phi) is 3.62. The van der Waals surface area contributed by atoms with Crippen LogP contribution in [0.25, 0.3) is 0 Å². The van der Waals surface area contributed by atoms with Crippen molar-refractivity contribution < 1.29 is 4.79 Å². The molecule has 1 saturated carbocycles. The average molecular weight is 349 g/mol. The summed E-state index contributed by atoms with van der Waals surface area (Å²) in [6.07, 6.45) is 2.47. The maximum atomic E-state index is 12.7. The highest BCUT2D eigenvalue weighted by Crippen LogP contribution is 2.64. The first-order valence-corrected chi connectivity index (χ1v) is 8.21. The lowest BCUT2D eigenvalue weighted by Crippen LogP contribution is -2.44. The Morgan fingerprint density at radius 2 is 2.19 bits per heavy atom. The van der Waals surface area contributed by atoms with Crippen molar-refractivity contribution in [3.05, 3.63) is 10.6 Å². The maximum Gasteiger partial charge on any atom is 0.231 e. The van der Waals surface area contributed by atoms with Crippen LogP contribution in [0.5, 0.6) is 0 Å². The van der Waals surface area contributed by atoms with Gasteiger partial charge in [0.05, 0.1) is 5.41 Å². The number of rotatable bonds is 2. The van der Waals surface area contributed by atoms with Crippen molar-refractivity contribution in [1.82, 2.24) is 19.7 Å². The number of likely N-dealkylation sites (tertiary alicyclic amines) is 1. The number of piperidine rings is 1. The maximum absolute atomic E-state index is 12.7. The van der Waals surface area contributed by atoms with E-state index in [0.29, 0.717) is 17.7 Å². The van der Waals surface area contributed by atoms with Gasteiger partial charge in [-0.25, -0.2) is 0 Å². The predicted molar refractivity (Wildman–Crippen MR) is 84.1 cm³/mol. The monoisotopic (exact) mass is 348 g/mol. The lowest BCUT2D eigenvalue weighted by molar-refractivity contribution is -0.137. The van der Waals surface area contributed by atoms with Gasteiger partial charge in [-0.15, -0.1) is 23.2 Å². The second-order valence-electron chi connectivity index (χ2n) is 6.25. The molecule has 2 fully saturated rings. The van der Waals surface area contributed by atoms with E-state index in [2.05, 4.69) is 10.2 Å². The summed E-state index contributed by atoms with van der Waals surface area (Å²) >= 11 is 17.4.